The molecule has 0 fully saturated rings. The Morgan fingerprint density at radius 1 is 1.05 bits per heavy atom. The van der Waals surface area contributed by atoms with Crippen molar-refractivity contribution in [1.82, 2.24) is 0 Å². The molecule has 21 heavy (non-hydrogen) atoms. The number of rotatable bonds is 8. The molecule has 1 aromatic carbocycles. The minimum atomic E-state index is -1.04. The molecule has 114 valence electrons. The van der Waals surface area contributed by atoms with Gasteiger partial charge in [0.15, 0.2) is 0 Å². The molecule has 6 nitrogen and oxygen atoms in total. The third-order valence-corrected chi connectivity index (χ3v) is 2.95. The standard InChI is InChI=1S/C15H18O6/c1-2-21-15(20)7-10-3-5-11(6-4-10)12(8-13(16)17)9-14(18)19/h3-6,12H,2,7-9H2,1H3,(H,16,17)(H,18,19). The van der Waals surface area contributed by atoms with Crippen LogP contribution in [0.15, 0.2) is 24.3 Å². The monoisotopic (exact) mass is 294 g/mol. The predicted molar refractivity (Wildman–Crippen MR) is 74.0 cm³/mol. The van der Waals surface area contributed by atoms with E-state index in [4.69, 9.17) is 14.9 Å². The largest absolute Gasteiger partial charge is 0.481 e. The highest BCUT2D eigenvalue weighted by molar-refractivity contribution is 5.73. The minimum absolute atomic E-state index is 0.136. The zero-order valence-electron chi connectivity index (χ0n) is 11.7. The smallest absolute Gasteiger partial charge is 0.310 e. The quantitative estimate of drug-likeness (QED) is 0.709. The van der Waals surface area contributed by atoms with Gasteiger partial charge in [-0.1, -0.05) is 24.3 Å². The fraction of sp³-hybridized carbons (Fsp3) is 0.400. The first kappa shape index (κ1) is 16.7. The number of benzene rings is 1. The third-order valence-electron chi connectivity index (χ3n) is 2.95. The molecule has 0 atom stereocenters. The van der Waals surface area contributed by atoms with Crippen LogP contribution in [0.5, 0.6) is 0 Å². The summed E-state index contributed by atoms with van der Waals surface area (Å²) in [7, 11) is 0. The number of carbonyl (C=O) groups excluding carboxylic acids is 1. The summed E-state index contributed by atoms with van der Waals surface area (Å²) >= 11 is 0. The number of hydrogen-bond donors (Lipinski definition) is 2. The molecule has 1 aromatic rings. The summed E-state index contributed by atoms with van der Waals surface area (Å²) in [6.45, 7) is 2.04. The molecule has 0 radical (unpaired) electrons. The van der Waals surface area contributed by atoms with Crippen molar-refractivity contribution in [2.24, 2.45) is 0 Å². The van der Waals surface area contributed by atoms with E-state index in [2.05, 4.69) is 0 Å². The Kier molecular flexibility index (Phi) is 6.39. The lowest BCUT2D eigenvalue weighted by Crippen LogP contribution is -2.11. The van der Waals surface area contributed by atoms with Crippen LogP contribution < -0.4 is 0 Å². The fourth-order valence-electron chi connectivity index (χ4n) is 2.02. The Balaban J connectivity index is 2.79. The summed E-state index contributed by atoms with van der Waals surface area (Å²) in [6.07, 6.45) is -0.357. The molecule has 0 unspecified atom stereocenters. The van der Waals surface area contributed by atoms with Crippen LogP contribution in [-0.2, 0) is 25.5 Å². The molecule has 0 bridgehead atoms. The number of aliphatic carboxylic acids is 2. The number of carbonyl (C=O) groups is 3. The van der Waals surface area contributed by atoms with Crippen LogP contribution >= 0.6 is 0 Å². The highest BCUT2D eigenvalue weighted by Crippen LogP contribution is 2.24. The van der Waals surface area contributed by atoms with Gasteiger partial charge in [0.1, 0.15) is 0 Å². The second-order valence-electron chi connectivity index (χ2n) is 4.62. The van der Waals surface area contributed by atoms with Gasteiger partial charge in [0, 0.05) is 5.92 Å². The van der Waals surface area contributed by atoms with Crippen LogP contribution in [-0.4, -0.2) is 34.7 Å². The Morgan fingerprint density at radius 2 is 1.57 bits per heavy atom. The number of carboxylic acids is 2. The summed E-state index contributed by atoms with van der Waals surface area (Å²) in [5.74, 6) is -3.01. The molecule has 0 saturated heterocycles. The first-order valence-electron chi connectivity index (χ1n) is 6.60. The lowest BCUT2D eigenvalue weighted by molar-refractivity contribution is -0.142. The van der Waals surface area contributed by atoms with Crippen LogP contribution in [0.3, 0.4) is 0 Å². The van der Waals surface area contributed by atoms with Crippen molar-refractivity contribution < 1.29 is 29.3 Å². The number of ether oxygens (including phenoxy) is 1. The first-order valence-corrected chi connectivity index (χ1v) is 6.60. The van der Waals surface area contributed by atoms with E-state index in [1.165, 1.54) is 0 Å². The lowest BCUT2D eigenvalue weighted by Gasteiger charge is -2.13. The second kappa shape index (κ2) is 8.04. The summed E-state index contributed by atoms with van der Waals surface area (Å²) in [6, 6.07) is 6.68. The molecule has 1 rings (SSSR count). The van der Waals surface area contributed by atoms with Crippen molar-refractivity contribution in [3.63, 3.8) is 0 Å². The Morgan fingerprint density at radius 3 is 2.00 bits per heavy atom. The minimum Gasteiger partial charge on any atom is -0.481 e. The molecule has 0 aromatic heterocycles. The van der Waals surface area contributed by atoms with Crippen LogP contribution in [0.4, 0.5) is 0 Å². The van der Waals surface area contributed by atoms with E-state index >= 15 is 0 Å². The number of esters is 1. The molecule has 0 saturated carbocycles. The van der Waals surface area contributed by atoms with Crippen molar-refractivity contribution in [3.05, 3.63) is 35.4 Å². The highest BCUT2D eigenvalue weighted by Gasteiger charge is 2.19. The molecular weight excluding hydrogens is 276 g/mol. The van der Waals surface area contributed by atoms with Crippen LogP contribution in [0.1, 0.15) is 36.8 Å². The zero-order valence-corrected chi connectivity index (χ0v) is 11.7. The van der Waals surface area contributed by atoms with Crippen LogP contribution in [0.2, 0.25) is 0 Å². The first-order chi connectivity index (χ1) is 9.92. The summed E-state index contributed by atoms with van der Waals surface area (Å²) in [5, 5.41) is 17.7. The van der Waals surface area contributed by atoms with E-state index in [9.17, 15) is 14.4 Å². The molecule has 0 spiro atoms. The second-order valence-corrected chi connectivity index (χ2v) is 4.62. The molecular formula is C15H18O6. The topological polar surface area (TPSA) is 101 Å². The number of hydrogen-bond acceptors (Lipinski definition) is 4. The zero-order chi connectivity index (χ0) is 15.8. The van der Waals surface area contributed by atoms with Crippen LogP contribution in [0.25, 0.3) is 0 Å². The van der Waals surface area contributed by atoms with E-state index < -0.39 is 17.9 Å². The molecule has 6 heteroatoms. The van der Waals surface area contributed by atoms with Crippen LogP contribution in [0, 0.1) is 0 Å². The van der Waals surface area contributed by atoms with E-state index in [0.29, 0.717) is 12.2 Å². The van der Waals surface area contributed by atoms with Gasteiger partial charge in [-0.25, -0.2) is 0 Å². The predicted octanol–water partition coefficient (Wildman–Crippen LogP) is 1.83. The molecule has 0 aliphatic rings. The van der Waals surface area contributed by atoms with Gasteiger partial charge in [-0.05, 0) is 18.1 Å². The van der Waals surface area contributed by atoms with Gasteiger partial charge in [0.05, 0.1) is 25.9 Å². The normalized spacial score (nSPS) is 10.4. The van der Waals surface area contributed by atoms with Crippen molar-refractivity contribution in [1.29, 1.82) is 0 Å². The Bertz CT molecular complexity index is 489. The van der Waals surface area contributed by atoms with Crippen molar-refractivity contribution in [2.45, 2.75) is 32.1 Å². The van der Waals surface area contributed by atoms with Crippen molar-refractivity contribution >= 4 is 17.9 Å². The van der Waals surface area contributed by atoms with E-state index in [1.807, 2.05) is 0 Å². The summed E-state index contributed by atoms with van der Waals surface area (Å²) < 4.78 is 4.83. The average Bonchev–Trinajstić information content (AvgIpc) is 2.38. The molecule has 0 amide bonds. The highest BCUT2D eigenvalue weighted by atomic mass is 16.5. The lowest BCUT2D eigenvalue weighted by atomic mass is 9.91. The van der Waals surface area contributed by atoms with Crippen molar-refractivity contribution in [2.75, 3.05) is 6.61 Å². The van der Waals surface area contributed by atoms with Gasteiger partial charge in [0.25, 0.3) is 0 Å². The average molecular weight is 294 g/mol. The maximum Gasteiger partial charge on any atom is 0.310 e. The van der Waals surface area contributed by atoms with E-state index in [1.54, 1.807) is 31.2 Å². The van der Waals surface area contributed by atoms with Gasteiger partial charge < -0.3 is 14.9 Å². The number of carboxylic acid groups (broad SMARTS) is 2. The van der Waals surface area contributed by atoms with Gasteiger partial charge in [-0.15, -0.1) is 0 Å². The maximum atomic E-state index is 11.3. The Labute approximate surface area is 122 Å². The SMILES string of the molecule is CCOC(=O)Cc1ccc(C(CC(=O)O)CC(=O)O)cc1. The maximum absolute atomic E-state index is 11.3. The van der Waals surface area contributed by atoms with Gasteiger partial charge >= 0.3 is 17.9 Å². The van der Waals surface area contributed by atoms with Gasteiger partial charge in [-0.3, -0.25) is 14.4 Å². The Hall–Kier alpha value is -2.37. The van der Waals surface area contributed by atoms with Crippen molar-refractivity contribution in [3.8, 4) is 0 Å². The van der Waals surface area contributed by atoms with E-state index in [0.717, 1.165) is 5.56 Å². The molecule has 0 aliphatic heterocycles. The third kappa shape index (κ3) is 6.07. The van der Waals surface area contributed by atoms with Gasteiger partial charge in [0.2, 0.25) is 0 Å². The molecule has 0 heterocycles. The molecule has 0 aliphatic carbocycles. The molecule has 2 N–H and O–H groups in total. The van der Waals surface area contributed by atoms with Gasteiger partial charge in [-0.2, -0.15) is 0 Å². The summed E-state index contributed by atoms with van der Waals surface area (Å²) in [4.78, 5) is 32.9. The summed E-state index contributed by atoms with van der Waals surface area (Å²) in [5.41, 5.74) is 1.37. The van der Waals surface area contributed by atoms with E-state index in [-0.39, 0.29) is 25.2 Å². The fourth-order valence-corrected chi connectivity index (χ4v) is 2.02.